The van der Waals surface area contributed by atoms with Gasteiger partial charge in [0.05, 0.1) is 27.8 Å². The van der Waals surface area contributed by atoms with Crippen molar-refractivity contribution in [1.82, 2.24) is 24.1 Å². The molecule has 5 nitrogen and oxygen atoms in total. The minimum Gasteiger partial charge on any atom is -0.307 e. The molecule has 3 heterocycles. The lowest BCUT2D eigenvalue weighted by molar-refractivity contribution is 1.04. The molecule has 0 N–H and O–H groups in total. The summed E-state index contributed by atoms with van der Waals surface area (Å²) >= 11 is 0. The van der Waals surface area contributed by atoms with Crippen LogP contribution in [0.15, 0.2) is 213 Å². The molecule has 0 aliphatic carbocycles. The summed E-state index contributed by atoms with van der Waals surface area (Å²) in [6, 6.07) is 58.2. The summed E-state index contributed by atoms with van der Waals surface area (Å²) in [5.41, 5.74) is 13.5. The summed E-state index contributed by atoms with van der Waals surface area (Å²) in [6.45, 7) is 12.4. The Kier molecular flexibility index (Phi) is 10.4. The van der Waals surface area contributed by atoms with E-state index in [2.05, 4.69) is 188 Å². The van der Waals surface area contributed by atoms with E-state index in [1.807, 2.05) is 36.4 Å². The standard InChI is InChI=1S/C58H45N5/c1-5-22-39(8-4)56-59-57(42-27-14-10-15-28-42)61-58(60-56)43-37-49(40(23-6-2)24-7-3)53(50(38-43)41-25-12-9-13-26-41)63-52-34-21-19-32-46(52)48-36-35-47-45-31-18-20-33-51(45)62(54(47)55(48)63)44-29-16-11-17-30-44/h5-6,8-38H,1,4,7H2,2-3H3/b23-6-,39-22+,40-24+. The first kappa shape index (κ1) is 39.0. The minimum atomic E-state index is 0.525. The Morgan fingerprint density at radius 3 is 1.71 bits per heavy atom. The predicted molar refractivity (Wildman–Crippen MR) is 266 cm³/mol. The van der Waals surface area contributed by atoms with Gasteiger partial charge in [-0.3, -0.25) is 0 Å². The third kappa shape index (κ3) is 6.81. The molecule has 0 unspecified atom stereocenters. The SMILES string of the molecule is C=C/C=C(\C=C)c1nc(-c2ccccc2)nc(-c2cc(C(/C=C\C)=C/CC)c(-n3c4ccccc4c4ccc5c6ccccc6n(-c6ccccc6)c5c43)c(-c3ccccc3)c2)n1. The third-order valence-electron chi connectivity index (χ3n) is 11.7. The molecule has 302 valence electrons. The second kappa shape index (κ2) is 16.7. The lowest BCUT2D eigenvalue weighted by Crippen LogP contribution is -2.06. The number of benzene rings is 7. The van der Waals surface area contributed by atoms with Crippen molar-refractivity contribution < 1.29 is 0 Å². The van der Waals surface area contributed by atoms with Crippen molar-refractivity contribution in [3.05, 3.63) is 225 Å². The van der Waals surface area contributed by atoms with E-state index in [-0.39, 0.29) is 0 Å². The van der Waals surface area contributed by atoms with E-state index in [0.29, 0.717) is 17.5 Å². The third-order valence-corrected chi connectivity index (χ3v) is 11.7. The fraction of sp³-hybridized carbons (Fsp3) is 0.0517. The molecule has 0 bridgehead atoms. The number of para-hydroxylation sites is 3. The van der Waals surface area contributed by atoms with E-state index in [4.69, 9.17) is 15.0 Å². The molecule has 7 aromatic carbocycles. The molecule has 0 fully saturated rings. The average Bonchev–Trinajstić information content (AvgIpc) is 3.86. The van der Waals surface area contributed by atoms with Crippen molar-refractivity contribution >= 4 is 54.8 Å². The van der Waals surface area contributed by atoms with Crippen LogP contribution in [0.3, 0.4) is 0 Å². The first-order valence-corrected chi connectivity index (χ1v) is 21.5. The van der Waals surface area contributed by atoms with Crippen molar-refractivity contribution in [3.63, 3.8) is 0 Å². The summed E-state index contributed by atoms with van der Waals surface area (Å²) in [6.07, 6.45) is 12.9. The molecular weight excluding hydrogens is 767 g/mol. The highest BCUT2D eigenvalue weighted by Crippen LogP contribution is 2.46. The smallest absolute Gasteiger partial charge is 0.164 e. The minimum absolute atomic E-state index is 0.525. The van der Waals surface area contributed by atoms with Crippen LogP contribution >= 0.6 is 0 Å². The van der Waals surface area contributed by atoms with Crippen LogP contribution in [0.2, 0.25) is 0 Å². The van der Waals surface area contributed by atoms with Crippen LogP contribution in [0.5, 0.6) is 0 Å². The molecule has 10 aromatic rings. The van der Waals surface area contributed by atoms with Gasteiger partial charge in [-0.1, -0.05) is 184 Å². The number of hydrogen-bond acceptors (Lipinski definition) is 3. The van der Waals surface area contributed by atoms with E-state index in [1.54, 1.807) is 12.2 Å². The second-order valence-corrected chi connectivity index (χ2v) is 15.5. The Balaban J connectivity index is 1.41. The zero-order valence-corrected chi connectivity index (χ0v) is 35.4. The van der Waals surface area contributed by atoms with Crippen LogP contribution in [-0.2, 0) is 0 Å². The van der Waals surface area contributed by atoms with Gasteiger partial charge in [-0.05, 0) is 60.9 Å². The molecule has 0 aliphatic heterocycles. The van der Waals surface area contributed by atoms with Crippen LogP contribution < -0.4 is 0 Å². The maximum atomic E-state index is 5.22. The zero-order chi connectivity index (χ0) is 42.9. The topological polar surface area (TPSA) is 48.5 Å². The van der Waals surface area contributed by atoms with E-state index in [1.165, 1.54) is 21.5 Å². The Labute approximate surface area is 367 Å². The van der Waals surface area contributed by atoms with Crippen LogP contribution in [-0.4, -0.2) is 24.1 Å². The molecule has 63 heavy (non-hydrogen) atoms. The van der Waals surface area contributed by atoms with Gasteiger partial charge in [0.25, 0.3) is 0 Å². The number of rotatable bonds is 11. The lowest BCUT2D eigenvalue weighted by Gasteiger charge is -2.22. The Bertz CT molecular complexity index is 3460. The number of fused-ring (bicyclic) bond motifs is 7. The van der Waals surface area contributed by atoms with Gasteiger partial charge in [0, 0.05) is 55.1 Å². The Morgan fingerprint density at radius 1 is 0.556 bits per heavy atom. The molecule has 0 spiro atoms. The van der Waals surface area contributed by atoms with E-state index in [0.717, 1.165) is 78.8 Å². The van der Waals surface area contributed by atoms with Gasteiger partial charge in [0.15, 0.2) is 17.5 Å². The molecule has 0 amide bonds. The maximum absolute atomic E-state index is 5.22. The van der Waals surface area contributed by atoms with Crippen molar-refractivity contribution in [1.29, 1.82) is 0 Å². The van der Waals surface area contributed by atoms with Crippen LogP contribution in [0.4, 0.5) is 0 Å². The van der Waals surface area contributed by atoms with Gasteiger partial charge < -0.3 is 9.13 Å². The molecule has 0 radical (unpaired) electrons. The molecule has 10 rings (SSSR count). The summed E-state index contributed by atoms with van der Waals surface area (Å²) in [7, 11) is 0. The highest BCUT2D eigenvalue weighted by molar-refractivity contribution is 6.24. The largest absolute Gasteiger partial charge is 0.307 e. The molecular formula is C58H45N5. The van der Waals surface area contributed by atoms with Crippen LogP contribution in [0.1, 0.15) is 31.7 Å². The van der Waals surface area contributed by atoms with Crippen molar-refractivity contribution in [3.8, 4) is 45.3 Å². The summed E-state index contributed by atoms with van der Waals surface area (Å²) in [5.74, 6) is 1.67. The fourth-order valence-corrected chi connectivity index (χ4v) is 9.02. The van der Waals surface area contributed by atoms with E-state index < -0.39 is 0 Å². The highest BCUT2D eigenvalue weighted by atomic mass is 15.1. The summed E-state index contributed by atoms with van der Waals surface area (Å²) in [4.78, 5) is 15.4. The number of allylic oxidation sites excluding steroid dienone is 8. The van der Waals surface area contributed by atoms with E-state index >= 15 is 0 Å². The quantitative estimate of drug-likeness (QED) is 0.122. The Hall–Kier alpha value is -8.15. The zero-order valence-electron chi connectivity index (χ0n) is 35.4. The predicted octanol–water partition coefficient (Wildman–Crippen LogP) is 15.2. The number of nitrogens with zero attached hydrogens (tertiary/aromatic N) is 5. The molecule has 0 saturated heterocycles. The van der Waals surface area contributed by atoms with Gasteiger partial charge in [-0.2, -0.15) is 0 Å². The van der Waals surface area contributed by atoms with Crippen molar-refractivity contribution in [2.75, 3.05) is 0 Å². The van der Waals surface area contributed by atoms with Crippen molar-refractivity contribution in [2.24, 2.45) is 0 Å². The normalized spacial score (nSPS) is 12.3. The molecule has 0 aliphatic rings. The monoisotopic (exact) mass is 811 g/mol. The van der Waals surface area contributed by atoms with E-state index in [9.17, 15) is 0 Å². The number of aromatic nitrogens is 5. The first-order chi connectivity index (χ1) is 31.1. The van der Waals surface area contributed by atoms with Crippen LogP contribution in [0.25, 0.3) is 100 Å². The van der Waals surface area contributed by atoms with Crippen molar-refractivity contribution in [2.45, 2.75) is 20.3 Å². The van der Waals surface area contributed by atoms with Crippen LogP contribution in [0, 0.1) is 0 Å². The van der Waals surface area contributed by atoms with Gasteiger partial charge >= 0.3 is 0 Å². The summed E-state index contributed by atoms with van der Waals surface area (Å²) in [5, 5.41) is 4.76. The summed E-state index contributed by atoms with van der Waals surface area (Å²) < 4.78 is 4.97. The van der Waals surface area contributed by atoms with Gasteiger partial charge in [-0.25, -0.2) is 15.0 Å². The molecule has 3 aromatic heterocycles. The van der Waals surface area contributed by atoms with Gasteiger partial charge in [0.2, 0.25) is 0 Å². The molecule has 0 atom stereocenters. The highest BCUT2D eigenvalue weighted by Gasteiger charge is 2.26. The molecule has 5 heteroatoms. The lowest BCUT2D eigenvalue weighted by atomic mass is 9.91. The fourth-order valence-electron chi connectivity index (χ4n) is 9.02. The molecule has 0 saturated carbocycles. The first-order valence-electron chi connectivity index (χ1n) is 21.5. The second-order valence-electron chi connectivity index (χ2n) is 15.5. The van der Waals surface area contributed by atoms with Gasteiger partial charge in [-0.15, -0.1) is 0 Å². The average molecular weight is 812 g/mol. The number of hydrogen-bond donors (Lipinski definition) is 0. The Morgan fingerprint density at radius 2 is 1.11 bits per heavy atom. The van der Waals surface area contributed by atoms with Gasteiger partial charge in [0.1, 0.15) is 0 Å². The maximum Gasteiger partial charge on any atom is 0.164 e.